The summed E-state index contributed by atoms with van der Waals surface area (Å²) in [6.07, 6.45) is -1.96. The second-order valence-electron chi connectivity index (χ2n) is 6.96. The molecule has 0 spiro atoms. The van der Waals surface area contributed by atoms with Crippen LogP contribution in [0.4, 0.5) is 13.2 Å². The molecule has 6 nitrogen and oxygen atoms in total. The monoisotopic (exact) mass is 411 g/mol. The van der Waals surface area contributed by atoms with Gasteiger partial charge in [-0.1, -0.05) is 0 Å². The number of halogens is 3. The van der Waals surface area contributed by atoms with Gasteiger partial charge >= 0.3 is 6.18 Å². The quantitative estimate of drug-likeness (QED) is 0.703. The van der Waals surface area contributed by atoms with Crippen LogP contribution in [-0.2, 0) is 12.7 Å². The molecule has 0 fully saturated rings. The number of carbonyl (C=O) groups excluding carboxylic acids is 1. The van der Waals surface area contributed by atoms with Crippen molar-refractivity contribution >= 4 is 5.91 Å². The van der Waals surface area contributed by atoms with E-state index in [4.69, 9.17) is 5.26 Å². The molecular weight excluding hydrogens is 395 g/mol. The van der Waals surface area contributed by atoms with E-state index < -0.39 is 11.9 Å². The number of rotatable bonds is 3. The summed E-state index contributed by atoms with van der Waals surface area (Å²) < 4.78 is 40.6. The maximum Gasteiger partial charge on any atom is 0.433 e. The van der Waals surface area contributed by atoms with Crippen LogP contribution in [0.5, 0.6) is 0 Å². The number of alkyl halides is 3. The Balaban J connectivity index is 1.58. The van der Waals surface area contributed by atoms with E-state index in [9.17, 15) is 18.0 Å². The van der Waals surface area contributed by atoms with E-state index in [1.807, 2.05) is 6.07 Å². The number of hydrogen-bond donors (Lipinski definition) is 1. The van der Waals surface area contributed by atoms with Crippen molar-refractivity contribution in [3.8, 4) is 17.3 Å². The third kappa shape index (κ3) is 3.89. The van der Waals surface area contributed by atoms with Gasteiger partial charge in [0.2, 0.25) is 0 Å². The van der Waals surface area contributed by atoms with Crippen molar-refractivity contribution in [2.45, 2.75) is 31.6 Å². The lowest BCUT2D eigenvalue weighted by Crippen LogP contribution is -2.32. The molecule has 2 aromatic heterocycles. The topological polar surface area (TPSA) is 83.6 Å². The Labute approximate surface area is 170 Å². The molecular formula is C21H16F3N5O. The highest BCUT2D eigenvalue weighted by Gasteiger charge is 2.33. The molecule has 152 valence electrons. The van der Waals surface area contributed by atoms with Gasteiger partial charge < -0.3 is 5.32 Å². The molecule has 3 heterocycles. The molecule has 0 bridgehead atoms. The van der Waals surface area contributed by atoms with E-state index in [2.05, 4.69) is 15.4 Å². The largest absolute Gasteiger partial charge is 0.433 e. The first-order chi connectivity index (χ1) is 14.3. The molecule has 0 radical (unpaired) electrons. The van der Waals surface area contributed by atoms with Crippen molar-refractivity contribution in [2.75, 3.05) is 0 Å². The smallest absolute Gasteiger partial charge is 0.344 e. The SMILES string of the molecule is N#Cc1ccc(C(=O)NC2CCCn3nc(-c4ccnc(C(F)(F)F)c4)cc32)cc1. The number of aromatic nitrogens is 3. The number of aryl methyl sites for hydroxylation is 1. The summed E-state index contributed by atoms with van der Waals surface area (Å²) in [6.45, 7) is 0.621. The molecule has 4 rings (SSSR count). The Morgan fingerprint density at radius 2 is 1.97 bits per heavy atom. The van der Waals surface area contributed by atoms with Crippen LogP contribution in [0.3, 0.4) is 0 Å². The van der Waals surface area contributed by atoms with Crippen LogP contribution >= 0.6 is 0 Å². The van der Waals surface area contributed by atoms with E-state index in [1.54, 1.807) is 35.0 Å². The van der Waals surface area contributed by atoms with Crippen LogP contribution in [0, 0.1) is 11.3 Å². The highest BCUT2D eigenvalue weighted by Crippen LogP contribution is 2.32. The molecule has 1 aromatic carbocycles. The van der Waals surface area contributed by atoms with Crippen LogP contribution < -0.4 is 5.32 Å². The van der Waals surface area contributed by atoms with Gasteiger partial charge in [-0.25, -0.2) is 0 Å². The number of nitrogens with zero attached hydrogens (tertiary/aromatic N) is 4. The average molecular weight is 411 g/mol. The Morgan fingerprint density at radius 1 is 1.20 bits per heavy atom. The van der Waals surface area contributed by atoms with Gasteiger partial charge in [0.05, 0.1) is 29.1 Å². The Bertz CT molecular complexity index is 1130. The summed E-state index contributed by atoms with van der Waals surface area (Å²) in [5.41, 5.74) is 1.37. The van der Waals surface area contributed by atoms with Gasteiger partial charge in [-0.2, -0.15) is 23.5 Å². The fourth-order valence-electron chi connectivity index (χ4n) is 3.45. The fourth-order valence-corrected chi connectivity index (χ4v) is 3.45. The van der Waals surface area contributed by atoms with Crippen molar-refractivity contribution in [3.63, 3.8) is 0 Å². The van der Waals surface area contributed by atoms with Gasteiger partial charge in [-0.3, -0.25) is 14.5 Å². The summed E-state index contributed by atoms with van der Waals surface area (Å²) in [4.78, 5) is 16.0. The predicted octanol–water partition coefficient (Wildman–Crippen LogP) is 4.10. The first kappa shape index (κ1) is 19.6. The molecule has 0 aliphatic carbocycles. The molecule has 0 saturated heterocycles. The number of nitriles is 1. The second kappa shape index (κ2) is 7.63. The minimum absolute atomic E-state index is 0.288. The zero-order valence-corrected chi connectivity index (χ0v) is 15.6. The molecule has 1 aliphatic heterocycles. The summed E-state index contributed by atoms with van der Waals surface area (Å²) in [5.74, 6) is -0.288. The number of benzene rings is 1. The zero-order chi connectivity index (χ0) is 21.3. The van der Waals surface area contributed by atoms with Crippen molar-refractivity contribution in [3.05, 3.63) is 71.2 Å². The summed E-state index contributed by atoms with van der Waals surface area (Å²) in [7, 11) is 0. The number of pyridine rings is 1. The van der Waals surface area contributed by atoms with E-state index >= 15 is 0 Å². The molecule has 0 saturated carbocycles. The van der Waals surface area contributed by atoms with E-state index in [0.717, 1.165) is 24.4 Å². The van der Waals surface area contributed by atoms with Crippen molar-refractivity contribution < 1.29 is 18.0 Å². The Hall–Kier alpha value is -3.67. The zero-order valence-electron chi connectivity index (χ0n) is 15.6. The highest BCUT2D eigenvalue weighted by molar-refractivity contribution is 5.94. The number of fused-ring (bicyclic) bond motifs is 1. The van der Waals surface area contributed by atoms with E-state index in [-0.39, 0.29) is 11.9 Å². The molecule has 30 heavy (non-hydrogen) atoms. The number of amides is 1. The molecule has 1 N–H and O–H groups in total. The number of nitrogens with one attached hydrogen (secondary N) is 1. The van der Waals surface area contributed by atoms with Crippen LogP contribution in [0.2, 0.25) is 0 Å². The summed E-state index contributed by atoms with van der Waals surface area (Å²) in [6, 6.07) is 12.1. The van der Waals surface area contributed by atoms with Gasteiger partial charge in [0.25, 0.3) is 5.91 Å². The molecule has 1 atom stereocenters. The first-order valence-electron chi connectivity index (χ1n) is 9.27. The Kier molecular flexibility index (Phi) is 4.99. The average Bonchev–Trinajstić information content (AvgIpc) is 3.19. The third-order valence-corrected chi connectivity index (χ3v) is 4.96. The molecule has 1 amide bonds. The van der Waals surface area contributed by atoms with E-state index in [1.165, 1.54) is 6.07 Å². The van der Waals surface area contributed by atoms with Crippen molar-refractivity contribution in [2.24, 2.45) is 0 Å². The molecule has 1 aliphatic rings. The molecule has 1 unspecified atom stereocenters. The van der Waals surface area contributed by atoms with Crippen LogP contribution in [0.1, 0.15) is 46.2 Å². The van der Waals surface area contributed by atoms with Crippen molar-refractivity contribution in [1.29, 1.82) is 5.26 Å². The lowest BCUT2D eigenvalue weighted by molar-refractivity contribution is -0.141. The van der Waals surface area contributed by atoms with Gasteiger partial charge in [0.15, 0.2) is 0 Å². The van der Waals surface area contributed by atoms with Gasteiger partial charge in [-0.05, 0) is 55.3 Å². The van der Waals surface area contributed by atoms with Crippen LogP contribution in [0.15, 0.2) is 48.7 Å². The maximum atomic E-state index is 13.0. The van der Waals surface area contributed by atoms with E-state index in [0.29, 0.717) is 35.3 Å². The summed E-state index contributed by atoms with van der Waals surface area (Å²) in [5, 5.41) is 16.3. The normalized spacial score (nSPS) is 15.9. The minimum atomic E-state index is -4.53. The lowest BCUT2D eigenvalue weighted by atomic mass is 10.0. The van der Waals surface area contributed by atoms with Crippen molar-refractivity contribution in [1.82, 2.24) is 20.1 Å². The third-order valence-electron chi connectivity index (χ3n) is 4.96. The highest BCUT2D eigenvalue weighted by atomic mass is 19.4. The van der Waals surface area contributed by atoms with Gasteiger partial charge in [0.1, 0.15) is 5.69 Å². The fraction of sp³-hybridized carbons (Fsp3) is 0.238. The van der Waals surface area contributed by atoms with Gasteiger partial charge in [0, 0.05) is 23.9 Å². The first-order valence-corrected chi connectivity index (χ1v) is 9.27. The Morgan fingerprint density at radius 3 is 2.67 bits per heavy atom. The van der Waals surface area contributed by atoms with Crippen LogP contribution in [0.25, 0.3) is 11.3 Å². The lowest BCUT2D eigenvalue weighted by Gasteiger charge is -2.24. The minimum Gasteiger partial charge on any atom is -0.344 e. The maximum absolute atomic E-state index is 13.0. The van der Waals surface area contributed by atoms with Crippen LogP contribution in [-0.4, -0.2) is 20.7 Å². The summed E-state index contributed by atoms with van der Waals surface area (Å²) >= 11 is 0. The molecule has 3 aromatic rings. The van der Waals surface area contributed by atoms with Gasteiger partial charge in [-0.15, -0.1) is 0 Å². The number of hydrogen-bond acceptors (Lipinski definition) is 4. The number of carbonyl (C=O) groups is 1. The predicted molar refractivity (Wildman–Crippen MR) is 101 cm³/mol. The second-order valence-corrected chi connectivity index (χ2v) is 6.96. The standard InChI is InChI=1S/C21H16F3N5O/c22-21(23,24)19-10-15(7-8-26-19)17-11-18-16(2-1-9-29(18)28-17)27-20(30)14-5-3-13(12-25)4-6-14/h3-8,10-11,16H,1-2,9H2,(H,27,30). The molecule has 9 heteroatoms.